The van der Waals surface area contributed by atoms with Crippen molar-refractivity contribution in [2.24, 2.45) is 10.7 Å². The summed E-state index contributed by atoms with van der Waals surface area (Å²) in [5.41, 5.74) is 1.77. The lowest BCUT2D eigenvalue weighted by molar-refractivity contribution is -0.117. The van der Waals surface area contributed by atoms with E-state index in [1.165, 1.54) is 12.1 Å². The zero-order chi connectivity index (χ0) is 21.4. The number of amidine groups is 1. The molecule has 3 rings (SSSR count). The minimum Gasteiger partial charge on any atom is -0.459 e. The van der Waals surface area contributed by atoms with Crippen LogP contribution in [-0.2, 0) is 10.3 Å². The number of nitrogens with zero attached hydrogens (tertiary/aromatic N) is 3. The van der Waals surface area contributed by atoms with Crippen molar-refractivity contribution in [2.45, 2.75) is 18.4 Å². The maximum atomic E-state index is 14.5. The van der Waals surface area contributed by atoms with Gasteiger partial charge in [-0.05, 0) is 25.1 Å². The SMILES string of the molecule is C[C@]1(c2cc(NC(=O)c3ccc(C#N)cn3)cc(F)c2F)N=C(N)OCC1(F)F. The predicted molar refractivity (Wildman–Crippen MR) is 93.1 cm³/mol. The summed E-state index contributed by atoms with van der Waals surface area (Å²) in [4.78, 5) is 19.5. The molecule has 0 radical (unpaired) electrons. The molecule has 1 amide bonds. The van der Waals surface area contributed by atoms with E-state index in [0.717, 1.165) is 19.2 Å². The molecule has 0 unspecified atom stereocenters. The van der Waals surface area contributed by atoms with Crippen LogP contribution in [0.15, 0.2) is 35.5 Å². The number of ether oxygens (including phenoxy) is 1. The van der Waals surface area contributed by atoms with Gasteiger partial charge in [-0.3, -0.25) is 4.79 Å². The fourth-order valence-corrected chi connectivity index (χ4v) is 2.70. The summed E-state index contributed by atoms with van der Waals surface area (Å²) in [6.45, 7) is -0.292. The highest BCUT2D eigenvalue weighted by atomic mass is 19.3. The van der Waals surface area contributed by atoms with E-state index in [-0.39, 0.29) is 16.9 Å². The van der Waals surface area contributed by atoms with Crippen LogP contribution in [-0.4, -0.2) is 29.4 Å². The van der Waals surface area contributed by atoms with Gasteiger partial charge >= 0.3 is 5.92 Å². The van der Waals surface area contributed by atoms with Gasteiger partial charge in [0.05, 0.1) is 5.56 Å². The molecule has 0 saturated heterocycles. The number of nitrogens with one attached hydrogen (secondary N) is 1. The number of halogens is 4. The normalized spacial score (nSPS) is 20.2. The van der Waals surface area contributed by atoms with Crippen molar-refractivity contribution in [3.63, 3.8) is 0 Å². The molecule has 7 nitrogen and oxygen atoms in total. The number of hydrogen-bond donors (Lipinski definition) is 2. The number of rotatable bonds is 3. The van der Waals surface area contributed by atoms with E-state index in [1.54, 1.807) is 0 Å². The smallest absolute Gasteiger partial charge is 0.310 e. The van der Waals surface area contributed by atoms with E-state index in [4.69, 9.17) is 11.0 Å². The molecular weight excluding hydrogens is 394 g/mol. The summed E-state index contributed by atoms with van der Waals surface area (Å²) in [7, 11) is 0. The average Bonchev–Trinajstić information content (AvgIpc) is 2.68. The van der Waals surface area contributed by atoms with E-state index >= 15 is 0 Å². The lowest BCUT2D eigenvalue weighted by Crippen LogP contribution is -2.51. The third-order valence-corrected chi connectivity index (χ3v) is 4.38. The summed E-state index contributed by atoms with van der Waals surface area (Å²) in [5, 5.41) is 11.0. The van der Waals surface area contributed by atoms with Gasteiger partial charge < -0.3 is 15.8 Å². The van der Waals surface area contributed by atoms with Crippen LogP contribution in [0.2, 0.25) is 0 Å². The number of carbonyl (C=O) groups excluding carboxylic acids is 1. The lowest BCUT2D eigenvalue weighted by atomic mass is 9.85. The lowest BCUT2D eigenvalue weighted by Gasteiger charge is -2.37. The molecule has 1 aliphatic rings. The van der Waals surface area contributed by atoms with Crippen molar-refractivity contribution in [1.29, 1.82) is 5.26 Å². The number of pyridine rings is 1. The summed E-state index contributed by atoms with van der Waals surface area (Å²) in [6, 6.07) is 5.28. The molecule has 29 heavy (non-hydrogen) atoms. The number of aliphatic imine (C=N–C) groups is 1. The van der Waals surface area contributed by atoms with Gasteiger partial charge in [0, 0.05) is 23.5 Å². The predicted octanol–water partition coefficient (Wildman–Crippen LogP) is 2.68. The molecule has 0 aliphatic carbocycles. The number of benzene rings is 1. The van der Waals surface area contributed by atoms with Crippen LogP contribution in [0.4, 0.5) is 23.2 Å². The summed E-state index contributed by atoms with van der Waals surface area (Å²) < 4.78 is 62.0. The first kappa shape index (κ1) is 20.1. The summed E-state index contributed by atoms with van der Waals surface area (Å²) in [5.74, 6) is -7.55. The van der Waals surface area contributed by atoms with Crippen LogP contribution in [0.1, 0.15) is 28.5 Å². The molecule has 11 heteroatoms. The molecule has 1 aliphatic heterocycles. The van der Waals surface area contributed by atoms with E-state index in [9.17, 15) is 22.4 Å². The Bertz CT molecular complexity index is 1050. The van der Waals surface area contributed by atoms with Crippen LogP contribution >= 0.6 is 0 Å². The van der Waals surface area contributed by atoms with E-state index < -0.39 is 47.2 Å². The molecule has 2 aromatic rings. The van der Waals surface area contributed by atoms with Crippen LogP contribution in [0.3, 0.4) is 0 Å². The van der Waals surface area contributed by atoms with Crippen LogP contribution in [0.5, 0.6) is 0 Å². The Morgan fingerprint density at radius 1 is 1.34 bits per heavy atom. The number of anilines is 1. The Balaban J connectivity index is 2.01. The molecule has 1 aromatic heterocycles. The topological polar surface area (TPSA) is 113 Å². The maximum absolute atomic E-state index is 14.5. The van der Waals surface area contributed by atoms with Gasteiger partial charge in [0.2, 0.25) is 0 Å². The van der Waals surface area contributed by atoms with Crippen molar-refractivity contribution in [2.75, 3.05) is 11.9 Å². The number of nitriles is 1. The quantitative estimate of drug-likeness (QED) is 0.760. The molecule has 3 N–H and O–H groups in total. The van der Waals surface area contributed by atoms with Crippen molar-refractivity contribution in [3.8, 4) is 6.07 Å². The molecule has 0 saturated carbocycles. The Morgan fingerprint density at radius 2 is 2.07 bits per heavy atom. The second kappa shape index (κ2) is 7.05. The minimum absolute atomic E-state index is 0.125. The maximum Gasteiger partial charge on any atom is 0.310 e. The zero-order valence-electron chi connectivity index (χ0n) is 14.8. The molecular formula is C18H13F4N5O2. The van der Waals surface area contributed by atoms with Gasteiger partial charge in [-0.25, -0.2) is 18.8 Å². The van der Waals surface area contributed by atoms with Crippen LogP contribution in [0, 0.1) is 23.0 Å². The van der Waals surface area contributed by atoms with E-state index in [1.807, 2.05) is 6.07 Å². The number of nitrogens with two attached hydrogens (primary N) is 1. The van der Waals surface area contributed by atoms with Crippen molar-refractivity contribution < 1.29 is 27.1 Å². The fourth-order valence-electron chi connectivity index (χ4n) is 2.70. The number of carbonyl (C=O) groups is 1. The monoisotopic (exact) mass is 407 g/mol. The minimum atomic E-state index is -3.71. The van der Waals surface area contributed by atoms with E-state index in [0.29, 0.717) is 6.07 Å². The Morgan fingerprint density at radius 3 is 2.69 bits per heavy atom. The largest absolute Gasteiger partial charge is 0.459 e. The van der Waals surface area contributed by atoms with Crippen molar-refractivity contribution in [1.82, 2.24) is 4.98 Å². The first-order valence-electron chi connectivity index (χ1n) is 8.10. The number of aromatic nitrogens is 1. The fraction of sp³-hybridized carbons (Fsp3) is 0.222. The second-order valence-electron chi connectivity index (χ2n) is 6.33. The first-order valence-corrected chi connectivity index (χ1v) is 8.10. The average molecular weight is 407 g/mol. The molecule has 0 bridgehead atoms. The molecule has 0 spiro atoms. The molecule has 0 fully saturated rings. The van der Waals surface area contributed by atoms with Gasteiger partial charge in [0.25, 0.3) is 11.9 Å². The molecule has 1 atom stereocenters. The van der Waals surface area contributed by atoms with Crippen molar-refractivity contribution >= 4 is 17.6 Å². The molecule has 150 valence electrons. The van der Waals surface area contributed by atoms with Gasteiger partial charge in [0.15, 0.2) is 23.8 Å². The van der Waals surface area contributed by atoms with E-state index in [2.05, 4.69) is 20.0 Å². The number of amides is 1. The first-order chi connectivity index (χ1) is 13.6. The molecule has 1 aromatic carbocycles. The summed E-state index contributed by atoms with van der Waals surface area (Å²) >= 11 is 0. The standard InChI is InChI=1S/C18H13F4N5O2/c1-17(18(21,22)8-29-16(24)27-17)11-4-10(5-12(19)14(11)20)26-15(28)13-3-2-9(6-23)7-25-13/h2-5,7H,8H2,1H3,(H2,24,27)(H,26,28)/t17-/m1/s1. The Labute approximate surface area is 161 Å². The Kier molecular flexibility index (Phi) is 4.88. The highest BCUT2D eigenvalue weighted by molar-refractivity contribution is 6.02. The third-order valence-electron chi connectivity index (χ3n) is 4.38. The van der Waals surface area contributed by atoms with Gasteiger partial charge in [-0.2, -0.15) is 14.0 Å². The van der Waals surface area contributed by atoms with Gasteiger partial charge in [-0.15, -0.1) is 0 Å². The Hall–Kier alpha value is -3.68. The zero-order valence-corrected chi connectivity index (χ0v) is 14.8. The van der Waals surface area contributed by atoms with Crippen LogP contribution in [0.25, 0.3) is 0 Å². The molecule has 2 heterocycles. The van der Waals surface area contributed by atoms with Crippen molar-refractivity contribution in [3.05, 3.63) is 58.9 Å². The highest BCUT2D eigenvalue weighted by Crippen LogP contribution is 2.45. The highest BCUT2D eigenvalue weighted by Gasteiger charge is 2.56. The second-order valence-corrected chi connectivity index (χ2v) is 6.33. The van der Waals surface area contributed by atoms with Crippen LogP contribution < -0.4 is 11.1 Å². The third kappa shape index (κ3) is 3.56. The summed E-state index contributed by atoms with van der Waals surface area (Å²) in [6.07, 6.45) is 1.15. The van der Waals surface area contributed by atoms with Gasteiger partial charge in [-0.1, -0.05) is 0 Å². The number of hydrogen-bond acceptors (Lipinski definition) is 6. The van der Waals surface area contributed by atoms with Gasteiger partial charge in [0.1, 0.15) is 11.8 Å². The number of alkyl halides is 2.